The Morgan fingerprint density at radius 3 is 2.75 bits per heavy atom. The van der Waals surface area contributed by atoms with E-state index in [9.17, 15) is 9.18 Å². The van der Waals surface area contributed by atoms with Crippen LogP contribution in [0.2, 0.25) is 0 Å². The molecule has 0 heterocycles. The molecule has 0 atom stereocenters. The van der Waals surface area contributed by atoms with Crippen LogP contribution in [0.4, 0.5) is 4.39 Å². The smallest absolute Gasteiger partial charge is 0.303 e. The molecule has 0 aliphatic rings. The van der Waals surface area contributed by atoms with Gasteiger partial charge < -0.3 is 9.84 Å². The van der Waals surface area contributed by atoms with Crippen molar-refractivity contribution in [1.29, 1.82) is 0 Å². The third-order valence-electron chi connectivity index (χ3n) is 2.36. The largest absolute Gasteiger partial charge is 0.496 e. The molecule has 3 nitrogen and oxygen atoms in total. The summed E-state index contributed by atoms with van der Waals surface area (Å²) in [7, 11) is 1.53. The molecular formula is C12H15FO3. The van der Waals surface area contributed by atoms with Gasteiger partial charge in [-0.2, -0.15) is 0 Å². The van der Waals surface area contributed by atoms with Crippen LogP contribution in [0.25, 0.3) is 0 Å². The minimum Gasteiger partial charge on any atom is -0.496 e. The van der Waals surface area contributed by atoms with Gasteiger partial charge in [-0.1, -0.05) is 0 Å². The van der Waals surface area contributed by atoms with E-state index in [1.807, 2.05) is 0 Å². The zero-order valence-corrected chi connectivity index (χ0v) is 9.42. The summed E-state index contributed by atoms with van der Waals surface area (Å²) in [6.07, 6.45) is 1.07. The van der Waals surface area contributed by atoms with Crippen molar-refractivity contribution in [2.75, 3.05) is 7.11 Å². The van der Waals surface area contributed by atoms with Gasteiger partial charge in [0.15, 0.2) is 0 Å². The van der Waals surface area contributed by atoms with Crippen molar-refractivity contribution < 1.29 is 19.0 Å². The lowest BCUT2D eigenvalue weighted by Crippen LogP contribution is -1.99. The average molecular weight is 226 g/mol. The number of ether oxygens (including phenoxy) is 1. The van der Waals surface area contributed by atoms with Crippen molar-refractivity contribution in [1.82, 2.24) is 0 Å². The zero-order chi connectivity index (χ0) is 12.1. The number of halogens is 1. The first-order valence-electron chi connectivity index (χ1n) is 5.09. The summed E-state index contributed by atoms with van der Waals surface area (Å²) >= 11 is 0. The predicted octanol–water partition coefficient (Wildman–Crippen LogP) is 2.55. The molecular weight excluding hydrogens is 211 g/mol. The molecule has 0 saturated heterocycles. The normalized spacial score (nSPS) is 10.2. The van der Waals surface area contributed by atoms with Crippen molar-refractivity contribution in [3.8, 4) is 5.75 Å². The quantitative estimate of drug-likeness (QED) is 0.839. The lowest BCUT2D eigenvalue weighted by molar-refractivity contribution is -0.137. The van der Waals surface area contributed by atoms with Crippen molar-refractivity contribution in [2.24, 2.45) is 0 Å². The summed E-state index contributed by atoms with van der Waals surface area (Å²) in [5.41, 5.74) is 1.45. The van der Waals surface area contributed by atoms with E-state index in [4.69, 9.17) is 9.84 Å². The maximum atomic E-state index is 13.2. The first-order valence-corrected chi connectivity index (χ1v) is 5.09. The highest BCUT2D eigenvalue weighted by Gasteiger charge is 2.09. The summed E-state index contributed by atoms with van der Waals surface area (Å²) in [4.78, 5) is 10.4. The fraction of sp³-hybridized carbons (Fsp3) is 0.417. The van der Waals surface area contributed by atoms with Gasteiger partial charge in [-0.05, 0) is 43.0 Å². The number of aliphatic carboxylic acids is 1. The number of benzene rings is 1. The highest BCUT2D eigenvalue weighted by Crippen LogP contribution is 2.26. The lowest BCUT2D eigenvalue weighted by atomic mass is 10.0. The number of methoxy groups -OCH3 is 1. The number of carbonyl (C=O) groups is 1. The second kappa shape index (κ2) is 5.49. The van der Waals surface area contributed by atoms with Crippen LogP contribution < -0.4 is 4.74 Å². The fourth-order valence-electron chi connectivity index (χ4n) is 1.71. The molecule has 0 aromatic heterocycles. The number of hydrogen-bond acceptors (Lipinski definition) is 2. The Labute approximate surface area is 93.9 Å². The number of hydrogen-bond donors (Lipinski definition) is 1. The second-order valence-corrected chi connectivity index (χ2v) is 3.66. The first kappa shape index (κ1) is 12.5. The minimum absolute atomic E-state index is 0.0821. The van der Waals surface area contributed by atoms with Gasteiger partial charge in [-0.3, -0.25) is 4.79 Å². The average Bonchev–Trinajstić information content (AvgIpc) is 2.16. The van der Waals surface area contributed by atoms with Crippen LogP contribution in [0, 0.1) is 12.7 Å². The summed E-state index contributed by atoms with van der Waals surface area (Å²) in [6, 6.07) is 2.80. The first-order chi connectivity index (χ1) is 7.54. The van der Waals surface area contributed by atoms with Crippen LogP contribution in [-0.4, -0.2) is 18.2 Å². The molecule has 0 aliphatic heterocycles. The topological polar surface area (TPSA) is 46.5 Å². The molecule has 0 spiro atoms. The molecule has 16 heavy (non-hydrogen) atoms. The molecule has 1 aromatic carbocycles. The summed E-state index contributed by atoms with van der Waals surface area (Å²) in [5, 5.41) is 8.52. The Kier molecular flexibility index (Phi) is 4.28. The Bertz CT molecular complexity index is 388. The number of rotatable bonds is 5. The number of aryl methyl sites for hydroxylation is 2. The van der Waals surface area contributed by atoms with Gasteiger partial charge in [-0.25, -0.2) is 4.39 Å². The van der Waals surface area contributed by atoms with Gasteiger partial charge in [0, 0.05) is 6.42 Å². The molecule has 0 saturated carbocycles. The number of carboxylic acids is 1. The monoisotopic (exact) mass is 226 g/mol. The molecule has 0 unspecified atom stereocenters. The summed E-state index contributed by atoms with van der Waals surface area (Å²) < 4.78 is 18.3. The van der Waals surface area contributed by atoms with Crippen molar-refractivity contribution in [3.63, 3.8) is 0 Å². The molecule has 0 radical (unpaired) electrons. The molecule has 0 bridgehead atoms. The van der Waals surface area contributed by atoms with Gasteiger partial charge in [-0.15, -0.1) is 0 Å². The van der Waals surface area contributed by atoms with E-state index in [2.05, 4.69) is 0 Å². The van der Waals surface area contributed by atoms with Crippen molar-refractivity contribution in [3.05, 3.63) is 29.1 Å². The Hall–Kier alpha value is -1.58. The maximum absolute atomic E-state index is 13.2. The molecule has 4 heteroatoms. The molecule has 0 fully saturated rings. The van der Waals surface area contributed by atoms with Gasteiger partial charge in [0.1, 0.15) is 11.6 Å². The third kappa shape index (κ3) is 3.22. The third-order valence-corrected chi connectivity index (χ3v) is 2.36. The maximum Gasteiger partial charge on any atom is 0.303 e. The molecule has 0 amide bonds. The van der Waals surface area contributed by atoms with E-state index in [0.717, 1.165) is 11.1 Å². The SMILES string of the molecule is COc1c(C)cc(F)cc1CCCC(=O)O. The van der Waals surface area contributed by atoms with Crippen molar-refractivity contribution >= 4 is 5.97 Å². The minimum atomic E-state index is -0.841. The molecule has 1 rings (SSSR count). The standard InChI is InChI=1S/C12H15FO3/c1-8-6-10(13)7-9(12(8)16-2)4-3-5-11(14)15/h6-7H,3-5H2,1-2H3,(H,14,15). The van der Waals surface area contributed by atoms with Crippen LogP contribution in [0.15, 0.2) is 12.1 Å². The molecule has 1 N–H and O–H groups in total. The van der Waals surface area contributed by atoms with Gasteiger partial charge >= 0.3 is 5.97 Å². The molecule has 88 valence electrons. The van der Waals surface area contributed by atoms with Gasteiger partial charge in [0.25, 0.3) is 0 Å². The molecule has 1 aromatic rings. The Balaban J connectivity index is 2.81. The van der Waals surface area contributed by atoms with Crippen LogP contribution in [-0.2, 0) is 11.2 Å². The number of carboxylic acid groups (broad SMARTS) is 1. The van der Waals surface area contributed by atoms with E-state index in [1.54, 1.807) is 6.92 Å². The van der Waals surface area contributed by atoms with Gasteiger partial charge in [0.2, 0.25) is 0 Å². The fourth-order valence-corrected chi connectivity index (χ4v) is 1.71. The van der Waals surface area contributed by atoms with Crippen LogP contribution in [0.3, 0.4) is 0 Å². The lowest BCUT2D eigenvalue weighted by Gasteiger charge is -2.11. The molecule has 0 aliphatic carbocycles. The highest BCUT2D eigenvalue weighted by atomic mass is 19.1. The van der Waals surface area contributed by atoms with Crippen LogP contribution >= 0.6 is 0 Å². The Morgan fingerprint density at radius 2 is 2.19 bits per heavy atom. The van der Waals surface area contributed by atoms with E-state index < -0.39 is 5.97 Å². The van der Waals surface area contributed by atoms with E-state index in [1.165, 1.54) is 19.2 Å². The second-order valence-electron chi connectivity index (χ2n) is 3.66. The zero-order valence-electron chi connectivity index (χ0n) is 9.42. The van der Waals surface area contributed by atoms with Crippen LogP contribution in [0.1, 0.15) is 24.0 Å². The summed E-state index contributed by atoms with van der Waals surface area (Å²) in [6.45, 7) is 1.77. The predicted molar refractivity (Wildman–Crippen MR) is 58.3 cm³/mol. The highest BCUT2D eigenvalue weighted by molar-refractivity contribution is 5.66. The van der Waals surface area contributed by atoms with E-state index in [-0.39, 0.29) is 12.2 Å². The van der Waals surface area contributed by atoms with E-state index >= 15 is 0 Å². The van der Waals surface area contributed by atoms with E-state index in [0.29, 0.717) is 18.6 Å². The van der Waals surface area contributed by atoms with Crippen LogP contribution in [0.5, 0.6) is 5.75 Å². The van der Waals surface area contributed by atoms with Crippen molar-refractivity contribution in [2.45, 2.75) is 26.2 Å². The summed E-state index contributed by atoms with van der Waals surface area (Å²) in [5.74, 6) is -0.512. The van der Waals surface area contributed by atoms with Gasteiger partial charge in [0.05, 0.1) is 7.11 Å². The Morgan fingerprint density at radius 1 is 1.50 bits per heavy atom.